The first-order chi connectivity index (χ1) is 7.11. The normalized spacial score (nSPS) is 10.5. The molecule has 1 N–H and O–H groups in total. The van der Waals surface area contributed by atoms with E-state index < -0.39 is 0 Å². The molecule has 0 atom stereocenters. The van der Waals surface area contributed by atoms with E-state index in [4.69, 9.17) is 0 Å². The van der Waals surface area contributed by atoms with Crippen molar-refractivity contribution in [3.63, 3.8) is 0 Å². The molecule has 15 heavy (non-hydrogen) atoms. The van der Waals surface area contributed by atoms with E-state index in [0.29, 0.717) is 20.9 Å². The predicted octanol–water partition coefficient (Wildman–Crippen LogP) is 2.91. The van der Waals surface area contributed by atoms with E-state index in [2.05, 4.69) is 20.9 Å². The van der Waals surface area contributed by atoms with Crippen molar-refractivity contribution in [1.82, 2.24) is 4.98 Å². The average molecular weight is 266 g/mol. The first-order valence-corrected chi connectivity index (χ1v) is 5.17. The first-order valence-electron chi connectivity index (χ1n) is 4.38. The van der Waals surface area contributed by atoms with E-state index in [1.54, 1.807) is 24.4 Å². The number of Topliss-reactive ketones (excluding diaryl/α,β-unsaturated/α-hetero) is 1. The lowest BCUT2D eigenvalue weighted by atomic mass is 10.1. The number of carbonyl (C=O) groups excluding carboxylic acids is 1. The summed E-state index contributed by atoms with van der Waals surface area (Å²) in [6.07, 6.45) is 1.64. The number of pyridine rings is 1. The Hall–Kier alpha value is -1.42. The number of nitrogens with zero attached hydrogens (tertiary/aromatic N) is 1. The van der Waals surface area contributed by atoms with Gasteiger partial charge in [-0.15, -0.1) is 0 Å². The van der Waals surface area contributed by atoms with Crippen molar-refractivity contribution in [2.75, 3.05) is 0 Å². The van der Waals surface area contributed by atoms with Crippen LogP contribution in [0.4, 0.5) is 0 Å². The van der Waals surface area contributed by atoms with Gasteiger partial charge in [0.25, 0.3) is 0 Å². The van der Waals surface area contributed by atoms with Crippen LogP contribution in [-0.4, -0.2) is 15.9 Å². The largest absolute Gasteiger partial charge is 0.506 e. The summed E-state index contributed by atoms with van der Waals surface area (Å²) in [5.41, 5.74) is 0.961. The van der Waals surface area contributed by atoms with Crippen molar-refractivity contribution in [3.05, 3.63) is 34.4 Å². The summed E-state index contributed by atoms with van der Waals surface area (Å²) in [6, 6.07) is 5.04. The smallest absolute Gasteiger partial charge is 0.163 e. The van der Waals surface area contributed by atoms with Gasteiger partial charge in [0.1, 0.15) is 5.75 Å². The third-order valence-corrected chi connectivity index (χ3v) is 2.80. The van der Waals surface area contributed by atoms with Gasteiger partial charge < -0.3 is 5.11 Å². The number of aromatic hydroxyl groups is 1. The van der Waals surface area contributed by atoms with Crippen LogP contribution in [0.2, 0.25) is 0 Å². The quantitative estimate of drug-likeness (QED) is 0.807. The number of fused-ring (bicyclic) bond motifs is 1. The topological polar surface area (TPSA) is 50.2 Å². The zero-order chi connectivity index (χ0) is 11.0. The molecule has 3 nitrogen and oxygen atoms in total. The van der Waals surface area contributed by atoms with Crippen LogP contribution in [0.15, 0.2) is 28.9 Å². The fourth-order valence-electron chi connectivity index (χ4n) is 1.46. The molecule has 0 unspecified atom stereocenters. The summed E-state index contributed by atoms with van der Waals surface area (Å²) in [5.74, 6) is -0.173. The minimum atomic E-state index is -0.168. The SMILES string of the molecule is CC(=O)c1cc(Br)c2ncccc2c1O. The number of benzene rings is 1. The van der Waals surface area contributed by atoms with Gasteiger partial charge in [0.05, 0.1) is 11.1 Å². The summed E-state index contributed by atoms with van der Waals surface area (Å²) >= 11 is 3.32. The number of phenolic OH excluding ortho intramolecular Hbond substituents is 1. The highest BCUT2D eigenvalue weighted by molar-refractivity contribution is 9.10. The van der Waals surface area contributed by atoms with Crippen LogP contribution in [-0.2, 0) is 0 Å². The van der Waals surface area contributed by atoms with Crippen molar-refractivity contribution in [2.24, 2.45) is 0 Å². The van der Waals surface area contributed by atoms with E-state index in [-0.39, 0.29) is 11.5 Å². The van der Waals surface area contributed by atoms with Gasteiger partial charge >= 0.3 is 0 Å². The second kappa shape index (κ2) is 3.62. The lowest BCUT2D eigenvalue weighted by Gasteiger charge is -2.06. The van der Waals surface area contributed by atoms with E-state index in [1.165, 1.54) is 6.92 Å². The van der Waals surface area contributed by atoms with Crippen molar-refractivity contribution in [2.45, 2.75) is 6.92 Å². The van der Waals surface area contributed by atoms with Gasteiger partial charge in [-0.25, -0.2) is 0 Å². The fourth-order valence-corrected chi connectivity index (χ4v) is 2.01. The molecule has 0 spiro atoms. The number of carbonyl (C=O) groups is 1. The molecule has 0 amide bonds. The second-order valence-corrected chi connectivity index (χ2v) is 4.06. The molecule has 1 aromatic carbocycles. The fraction of sp³-hybridized carbons (Fsp3) is 0.0909. The Morgan fingerprint density at radius 1 is 1.53 bits per heavy atom. The molecule has 0 fully saturated rings. The van der Waals surface area contributed by atoms with Gasteiger partial charge in [0.2, 0.25) is 0 Å². The van der Waals surface area contributed by atoms with Crippen LogP contribution < -0.4 is 0 Å². The summed E-state index contributed by atoms with van der Waals surface area (Å²) in [6.45, 7) is 1.42. The number of halogens is 1. The molecule has 0 aliphatic carbocycles. The van der Waals surface area contributed by atoms with Crippen molar-refractivity contribution < 1.29 is 9.90 Å². The molecule has 0 aliphatic heterocycles. The molecular formula is C11H8BrNO2. The van der Waals surface area contributed by atoms with Crippen molar-refractivity contribution >= 4 is 32.6 Å². The highest BCUT2D eigenvalue weighted by Crippen LogP contribution is 2.33. The minimum absolute atomic E-state index is 0.00574. The van der Waals surface area contributed by atoms with Crippen LogP contribution in [0, 0.1) is 0 Å². The summed E-state index contributed by atoms with van der Waals surface area (Å²) in [7, 11) is 0. The number of rotatable bonds is 1. The lowest BCUT2D eigenvalue weighted by Crippen LogP contribution is -1.94. The maximum absolute atomic E-state index is 11.3. The van der Waals surface area contributed by atoms with E-state index in [1.807, 2.05) is 0 Å². The molecule has 0 saturated heterocycles. The van der Waals surface area contributed by atoms with Crippen LogP contribution in [0.1, 0.15) is 17.3 Å². The summed E-state index contributed by atoms with van der Waals surface area (Å²) < 4.78 is 0.709. The Labute approximate surface area is 94.9 Å². The van der Waals surface area contributed by atoms with Gasteiger partial charge in [-0.1, -0.05) is 0 Å². The molecule has 1 aromatic heterocycles. The third kappa shape index (κ3) is 1.61. The monoisotopic (exact) mass is 265 g/mol. The number of hydrogen-bond donors (Lipinski definition) is 1. The highest BCUT2D eigenvalue weighted by Gasteiger charge is 2.13. The first kappa shape index (κ1) is 10.1. The molecule has 2 rings (SSSR count). The van der Waals surface area contributed by atoms with Gasteiger partial charge in [-0.05, 0) is 41.1 Å². The maximum Gasteiger partial charge on any atom is 0.163 e. The van der Waals surface area contributed by atoms with Gasteiger partial charge in [-0.2, -0.15) is 0 Å². The Morgan fingerprint density at radius 2 is 2.27 bits per heavy atom. The molecule has 0 aliphatic rings. The molecule has 4 heteroatoms. The minimum Gasteiger partial charge on any atom is -0.506 e. The molecule has 0 saturated carbocycles. The molecule has 1 heterocycles. The zero-order valence-electron chi connectivity index (χ0n) is 7.99. The molecule has 76 valence electrons. The second-order valence-electron chi connectivity index (χ2n) is 3.21. The lowest BCUT2D eigenvalue weighted by molar-refractivity contribution is 0.101. The van der Waals surface area contributed by atoms with Crippen LogP contribution >= 0.6 is 15.9 Å². The zero-order valence-corrected chi connectivity index (χ0v) is 9.58. The summed E-state index contributed by atoms with van der Waals surface area (Å²) in [4.78, 5) is 15.4. The standard InChI is InChI=1S/C11H8BrNO2/c1-6(14)8-5-9(12)10-7(11(8)15)3-2-4-13-10/h2-5,15H,1H3. The highest BCUT2D eigenvalue weighted by atomic mass is 79.9. The molecule has 0 bridgehead atoms. The van der Waals surface area contributed by atoms with E-state index in [0.717, 1.165) is 0 Å². The predicted molar refractivity (Wildman–Crippen MR) is 61.1 cm³/mol. The van der Waals surface area contributed by atoms with E-state index >= 15 is 0 Å². The van der Waals surface area contributed by atoms with Gasteiger partial charge in [0, 0.05) is 16.1 Å². The maximum atomic E-state index is 11.3. The number of phenols is 1. The molecular weight excluding hydrogens is 258 g/mol. The van der Waals surface area contributed by atoms with E-state index in [9.17, 15) is 9.90 Å². The summed E-state index contributed by atoms with van der Waals surface area (Å²) in [5, 5.41) is 10.4. The van der Waals surface area contributed by atoms with Crippen LogP contribution in [0.25, 0.3) is 10.9 Å². The van der Waals surface area contributed by atoms with Crippen molar-refractivity contribution in [1.29, 1.82) is 0 Å². The van der Waals surface area contributed by atoms with Crippen LogP contribution in [0.5, 0.6) is 5.75 Å². The Balaban J connectivity index is 2.90. The molecule has 0 radical (unpaired) electrons. The number of aromatic nitrogens is 1. The number of hydrogen-bond acceptors (Lipinski definition) is 3. The average Bonchev–Trinajstić information content (AvgIpc) is 2.23. The Bertz CT molecular complexity index is 552. The Morgan fingerprint density at radius 3 is 2.93 bits per heavy atom. The number of ketones is 1. The molecule has 2 aromatic rings. The Kier molecular flexibility index (Phi) is 2.44. The van der Waals surface area contributed by atoms with Crippen molar-refractivity contribution in [3.8, 4) is 5.75 Å². The van der Waals surface area contributed by atoms with Gasteiger partial charge in [-0.3, -0.25) is 9.78 Å². The van der Waals surface area contributed by atoms with Crippen LogP contribution in [0.3, 0.4) is 0 Å². The van der Waals surface area contributed by atoms with Gasteiger partial charge in [0.15, 0.2) is 5.78 Å². The third-order valence-electron chi connectivity index (χ3n) is 2.19.